The Kier molecular flexibility index (Phi) is 4.22. The molecule has 0 spiro atoms. The van der Waals surface area contributed by atoms with Crippen molar-refractivity contribution in [3.63, 3.8) is 0 Å². The fourth-order valence-electron chi connectivity index (χ4n) is 0. The van der Waals surface area contributed by atoms with Crippen LogP contribution in [0, 0.1) is 0 Å². The van der Waals surface area contributed by atoms with E-state index in [0.29, 0.717) is 6.42 Å². The van der Waals surface area contributed by atoms with E-state index in [1.165, 1.54) is 6.92 Å². The average molecular weight is 108 g/mol. The standard InChI is InChI=1S/C4H10O2.H2O/c1-3-4(2,5)6;/h5-6H,3H2,1-2H3;1H2. The van der Waals surface area contributed by atoms with Gasteiger partial charge in [-0.25, -0.2) is 0 Å². The van der Waals surface area contributed by atoms with Crippen molar-refractivity contribution >= 4 is 0 Å². The first-order valence-corrected chi connectivity index (χ1v) is 2.01. The van der Waals surface area contributed by atoms with Crippen LogP contribution in [0.25, 0.3) is 0 Å². The zero-order valence-electron chi connectivity index (χ0n) is 4.60. The Balaban J connectivity index is 0. The lowest BCUT2D eigenvalue weighted by Crippen LogP contribution is -2.20. The summed E-state index contributed by atoms with van der Waals surface area (Å²) in [4.78, 5) is 0. The number of aliphatic hydroxyl groups is 2. The molecule has 0 saturated heterocycles. The maximum Gasteiger partial charge on any atom is 0.159 e. The highest BCUT2D eigenvalue weighted by Crippen LogP contribution is 1.99. The van der Waals surface area contributed by atoms with Crippen molar-refractivity contribution in [2.24, 2.45) is 0 Å². The van der Waals surface area contributed by atoms with Gasteiger partial charge in [0, 0.05) is 0 Å². The molecule has 0 aromatic carbocycles. The predicted octanol–water partition coefficient (Wildman–Crippen LogP) is -0.728. The van der Waals surface area contributed by atoms with E-state index in [4.69, 9.17) is 10.2 Å². The van der Waals surface area contributed by atoms with Crippen LogP contribution in [-0.4, -0.2) is 21.5 Å². The molecule has 0 atom stereocenters. The van der Waals surface area contributed by atoms with E-state index in [-0.39, 0.29) is 5.48 Å². The van der Waals surface area contributed by atoms with Crippen molar-refractivity contribution in [3.05, 3.63) is 0 Å². The molecule has 0 saturated carbocycles. The van der Waals surface area contributed by atoms with Crippen LogP contribution in [-0.2, 0) is 0 Å². The largest absolute Gasteiger partial charge is 0.412 e. The summed E-state index contributed by atoms with van der Waals surface area (Å²) in [7, 11) is 0. The fraction of sp³-hybridized carbons (Fsp3) is 1.00. The first-order valence-electron chi connectivity index (χ1n) is 2.01. The first-order chi connectivity index (χ1) is 2.56. The summed E-state index contributed by atoms with van der Waals surface area (Å²) < 4.78 is 0. The molecule has 0 aromatic heterocycles. The molecule has 0 fully saturated rings. The van der Waals surface area contributed by atoms with Gasteiger partial charge in [0.1, 0.15) is 0 Å². The molecule has 0 aromatic rings. The second-order valence-corrected chi connectivity index (χ2v) is 1.57. The summed E-state index contributed by atoms with van der Waals surface area (Å²) in [5.74, 6) is -1.46. The highest BCUT2D eigenvalue weighted by Gasteiger charge is 2.08. The molecule has 3 heteroatoms. The molecule has 0 heterocycles. The smallest absolute Gasteiger partial charge is 0.159 e. The SMILES string of the molecule is CCC(C)(O)O.O. The van der Waals surface area contributed by atoms with Crippen LogP contribution in [0.2, 0.25) is 0 Å². The van der Waals surface area contributed by atoms with E-state index in [1.807, 2.05) is 0 Å². The molecular formula is C4H12O3. The summed E-state index contributed by atoms with van der Waals surface area (Å²) in [6, 6.07) is 0. The topological polar surface area (TPSA) is 72.0 Å². The second-order valence-electron chi connectivity index (χ2n) is 1.57. The van der Waals surface area contributed by atoms with Crippen LogP contribution in [0.15, 0.2) is 0 Å². The highest BCUT2D eigenvalue weighted by atomic mass is 16.5. The van der Waals surface area contributed by atoms with Gasteiger partial charge < -0.3 is 15.7 Å². The normalized spacial score (nSPS) is 10.3. The number of rotatable bonds is 1. The second kappa shape index (κ2) is 2.96. The van der Waals surface area contributed by atoms with Gasteiger partial charge >= 0.3 is 0 Å². The molecule has 46 valence electrons. The highest BCUT2D eigenvalue weighted by molar-refractivity contribution is 4.47. The Bertz CT molecular complexity index is 36.7. The molecule has 3 nitrogen and oxygen atoms in total. The van der Waals surface area contributed by atoms with Crippen molar-refractivity contribution in [3.8, 4) is 0 Å². The average Bonchev–Trinajstić information content (AvgIpc) is 1.35. The summed E-state index contributed by atoms with van der Waals surface area (Å²) in [6.45, 7) is 3.06. The molecule has 0 aliphatic rings. The maximum atomic E-state index is 8.38. The molecule has 0 unspecified atom stereocenters. The molecule has 0 amide bonds. The van der Waals surface area contributed by atoms with Crippen LogP contribution in [0.3, 0.4) is 0 Å². The molecule has 4 N–H and O–H groups in total. The lowest BCUT2D eigenvalue weighted by atomic mass is 10.3. The zero-order valence-corrected chi connectivity index (χ0v) is 4.60. The molecule has 7 heavy (non-hydrogen) atoms. The van der Waals surface area contributed by atoms with Gasteiger partial charge in [-0.1, -0.05) is 6.92 Å². The van der Waals surface area contributed by atoms with Crippen molar-refractivity contribution < 1.29 is 15.7 Å². The zero-order chi connectivity index (χ0) is 5.21. The van der Waals surface area contributed by atoms with Crippen LogP contribution >= 0.6 is 0 Å². The third-order valence-electron chi connectivity index (χ3n) is 0.670. The van der Waals surface area contributed by atoms with Gasteiger partial charge in [0.2, 0.25) is 0 Å². The van der Waals surface area contributed by atoms with Gasteiger partial charge in [0.05, 0.1) is 0 Å². The van der Waals surface area contributed by atoms with Crippen molar-refractivity contribution in [1.29, 1.82) is 0 Å². The summed E-state index contributed by atoms with van der Waals surface area (Å²) in [5, 5.41) is 16.8. The van der Waals surface area contributed by atoms with Gasteiger partial charge in [-0.3, -0.25) is 0 Å². The number of hydrogen-bond donors (Lipinski definition) is 2. The van der Waals surface area contributed by atoms with Crippen molar-refractivity contribution in [1.82, 2.24) is 0 Å². The third kappa shape index (κ3) is 10.7. The third-order valence-corrected chi connectivity index (χ3v) is 0.670. The van der Waals surface area contributed by atoms with E-state index in [9.17, 15) is 0 Å². The minimum Gasteiger partial charge on any atom is -0.412 e. The molecule has 0 aliphatic carbocycles. The fourth-order valence-corrected chi connectivity index (χ4v) is 0. The lowest BCUT2D eigenvalue weighted by Gasteiger charge is -2.10. The summed E-state index contributed by atoms with van der Waals surface area (Å²) in [5.41, 5.74) is 0. The predicted molar refractivity (Wildman–Crippen MR) is 26.7 cm³/mol. The summed E-state index contributed by atoms with van der Waals surface area (Å²) in [6.07, 6.45) is 0.382. The van der Waals surface area contributed by atoms with E-state index in [1.54, 1.807) is 6.92 Å². The first kappa shape index (κ1) is 9.99. The van der Waals surface area contributed by atoms with Crippen LogP contribution in [0.4, 0.5) is 0 Å². The molecule has 0 radical (unpaired) electrons. The molecule has 0 aliphatic heterocycles. The Labute approximate surface area is 42.9 Å². The molecule has 0 bridgehead atoms. The van der Waals surface area contributed by atoms with Gasteiger partial charge in [-0.05, 0) is 13.3 Å². The van der Waals surface area contributed by atoms with Gasteiger partial charge in [-0.2, -0.15) is 0 Å². The lowest BCUT2D eigenvalue weighted by molar-refractivity contribution is -0.145. The Morgan fingerprint density at radius 2 is 1.57 bits per heavy atom. The molecule has 0 rings (SSSR count). The Morgan fingerprint density at radius 3 is 1.57 bits per heavy atom. The van der Waals surface area contributed by atoms with Crippen LogP contribution < -0.4 is 0 Å². The summed E-state index contributed by atoms with van der Waals surface area (Å²) >= 11 is 0. The number of hydrogen-bond acceptors (Lipinski definition) is 2. The van der Waals surface area contributed by atoms with Gasteiger partial charge in [-0.15, -0.1) is 0 Å². The van der Waals surface area contributed by atoms with Crippen molar-refractivity contribution in [2.45, 2.75) is 26.1 Å². The Morgan fingerprint density at radius 1 is 1.43 bits per heavy atom. The van der Waals surface area contributed by atoms with Gasteiger partial charge in [0.15, 0.2) is 5.79 Å². The maximum absolute atomic E-state index is 8.38. The molecular weight excluding hydrogens is 96.0 g/mol. The minimum atomic E-state index is -1.46. The van der Waals surface area contributed by atoms with Crippen LogP contribution in [0.1, 0.15) is 20.3 Å². The van der Waals surface area contributed by atoms with E-state index in [2.05, 4.69) is 0 Å². The van der Waals surface area contributed by atoms with E-state index >= 15 is 0 Å². The minimum absolute atomic E-state index is 0. The van der Waals surface area contributed by atoms with E-state index < -0.39 is 5.79 Å². The monoisotopic (exact) mass is 108 g/mol. The van der Waals surface area contributed by atoms with Crippen LogP contribution in [0.5, 0.6) is 0 Å². The van der Waals surface area contributed by atoms with Crippen molar-refractivity contribution in [2.75, 3.05) is 0 Å². The Hall–Kier alpha value is -0.120. The van der Waals surface area contributed by atoms with Gasteiger partial charge in [0.25, 0.3) is 0 Å². The quantitative estimate of drug-likeness (QED) is 0.435. The van der Waals surface area contributed by atoms with E-state index in [0.717, 1.165) is 0 Å².